The fraction of sp³-hybridized carbons (Fsp3) is 0.143. The van der Waals surface area contributed by atoms with E-state index >= 15 is 0 Å². The van der Waals surface area contributed by atoms with Crippen molar-refractivity contribution < 1.29 is 4.74 Å². The molecule has 0 spiro atoms. The van der Waals surface area contributed by atoms with Crippen molar-refractivity contribution in [2.24, 2.45) is 0 Å². The largest absolute Gasteiger partial charge is 0.466 e. The molecule has 0 rings (SSSR count). The molecule has 0 N–H and O–H groups in total. The second-order valence-corrected chi connectivity index (χ2v) is 1.25. The SMILES string of the molecule is C=COC(=C)/C=C/C. The van der Waals surface area contributed by atoms with Crippen LogP contribution in [-0.2, 0) is 4.74 Å². The normalized spacial score (nSPS) is 9.12. The van der Waals surface area contributed by atoms with Crippen molar-refractivity contribution in [2.45, 2.75) is 6.92 Å². The van der Waals surface area contributed by atoms with E-state index < -0.39 is 0 Å². The van der Waals surface area contributed by atoms with Crippen LogP contribution >= 0.6 is 0 Å². The number of ether oxygens (including phenoxy) is 1. The van der Waals surface area contributed by atoms with E-state index in [9.17, 15) is 0 Å². The Kier molecular flexibility index (Phi) is 3.67. The summed E-state index contributed by atoms with van der Waals surface area (Å²) in [5.41, 5.74) is 0. The van der Waals surface area contributed by atoms with Crippen LogP contribution in [0, 0.1) is 0 Å². The van der Waals surface area contributed by atoms with Gasteiger partial charge in [0.15, 0.2) is 0 Å². The fourth-order valence-electron chi connectivity index (χ4n) is 0.332. The molecule has 8 heavy (non-hydrogen) atoms. The van der Waals surface area contributed by atoms with E-state index in [1.54, 1.807) is 6.08 Å². The van der Waals surface area contributed by atoms with E-state index in [0.717, 1.165) is 0 Å². The molecule has 0 aliphatic rings. The van der Waals surface area contributed by atoms with Gasteiger partial charge in [0.2, 0.25) is 0 Å². The summed E-state index contributed by atoms with van der Waals surface area (Å²) in [6.45, 7) is 8.82. The van der Waals surface area contributed by atoms with Crippen molar-refractivity contribution in [3.8, 4) is 0 Å². The number of allylic oxidation sites excluding steroid dienone is 2. The first-order valence-corrected chi connectivity index (χ1v) is 2.40. The van der Waals surface area contributed by atoms with Gasteiger partial charge in [0.25, 0.3) is 0 Å². The molecule has 0 aliphatic heterocycles. The lowest BCUT2D eigenvalue weighted by Gasteiger charge is -1.93. The van der Waals surface area contributed by atoms with E-state index in [0.29, 0.717) is 5.76 Å². The standard InChI is InChI=1S/C7H10O/c1-4-6-7(3)8-5-2/h4-6H,2-3H2,1H3/b6-4+. The van der Waals surface area contributed by atoms with E-state index in [4.69, 9.17) is 4.74 Å². The lowest BCUT2D eigenvalue weighted by atomic mass is 10.5. The molecule has 0 saturated carbocycles. The highest BCUT2D eigenvalue weighted by molar-refractivity contribution is 5.06. The first-order valence-electron chi connectivity index (χ1n) is 2.40. The zero-order chi connectivity index (χ0) is 6.41. The van der Waals surface area contributed by atoms with Crippen LogP contribution < -0.4 is 0 Å². The zero-order valence-electron chi connectivity index (χ0n) is 5.05. The van der Waals surface area contributed by atoms with Crippen molar-refractivity contribution in [1.82, 2.24) is 0 Å². The molecular weight excluding hydrogens is 100 g/mol. The van der Waals surface area contributed by atoms with Crippen molar-refractivity contribution in [3.05, 3.63) is 37.3 Å². The first kappa shape index (κ1) is 7.02. The van der Waals surface area contributed by atoms with Crippen LogP contribution in [0.4, 0.5) is 0 Å². The third-order valence-corrected chi connectivity index (χ3v) is 0.587. The zero-order valence-corrected chi connectivity index (χ0v) is 5.05. The molecular formula is C7H10O. The maximum atomic E-state index is 4.76. The van der Waals surface area contributed by atoms with Crippen LogP contribution in [-0.4, -0.2) is 0 Å². The molecule has 0 radical (unpaired) electrons. The Balaban J connectivity index is 3.48. The van der Waals surface area contributed by atoms with E-state index in [2.05, 4.69) is 13.2 Å². The van der Waals surface area contributed by atoms with E-state index in [1.807, 2.05) is 13.0 Å². The third-order valence-electron chi connectivity index (χ3n) is 0.587. The van der Waals surface area contributed by atoms with Gasteiger partial charge in [-0.2, -0.15) is 0 Å². The number of hydrogen-bond acceptors (Lipinski definition) is 1. The summed E-state index contributed by atoms with van der Waals surface area (Å²) < 4.78 is 4.76. The topological polar surface area (TPSA) is 9.23 Å². The van der Waals surface area contributed by atoms with Gasteiger partial charge in [0, 0.05) is 0 Å². The fourth-order valence-corrected chi connectivity index (χ4v) is 0.332. The third kappa shape index (κ3) is 3.22. The van der Waals surface area contributed by atoms with Crippen molar-refractivity contribution in [3.63, 3.8) is 0 Å². The summed E-state index contributed by atoms with van der Waals surface area (Å²) in [4.78, 5) is 0. The molecule has 0 amide bonds. The average molecular weight is 110 g/mol. The second-order valence-electron chi connectivity index (χ2n) is 1.25. The van der Waals surface area contributed by atoms with Crippen LogP contribution in [0.1, 0.15) is 6.92 Å². The van der Waals surface area contributed by atoms with Crippen LogP contribution in [0.5, 0.6) is 0 Å². The summed E-state index contributed by atoms with van der Waals surface area (Å²) in [5, 5.41) is 0. The Labute approximate surface area is 50.0 Å². The number of rotatable bonds is 3. The van der Waals surface area contributed by atoms with Crippen LogP contribution in [0.25, 0.3) is 0 Å². The molecule has 0 heterocycles. The Morgan fingerprint density at radius 3 is 2.62 bits per heavy atom. The van der Waals surface area contributed by atoms with Gasteiger partial charge in [-0.1, -0.05) is 19.2 Å². The van der Waals surface area contributed by atoms with Gasteiger partial charge >= 0.3 is 0 Å². The first-order chi connectivity index (χ1) is 3.81. The van der Waals surface area contributed by atoms with Gasteiger partial charge in [0.05, 0.1) is 6.26 Å². The van der Waals surface area contributed by atoms with Crippen LogP contribution in [0.2, 0.25) is 0 Å². The Morgan fingerprint density at radius 2 is 2.25 bits per heavy atom. The Hall–Kier alpha value is -0.980. The highest BCUT2D eigenvalue weighted by Gasteiger charge is 1.77. The van der Waals surface area contributed by atoms with E-state index in [-0.39, 0.29) is 0 Å². The highest BCUT2D eigenvalue weighted by Crippen LogP contribution is 1.93. The molecule has 0 aromatic heterocycles. The Morgan fingerprint density at radius 1 is 1.62 bits per heavy atom. The van der Waals surface area contributed by atoms with Gasteiger partial charge in [-0.05, 0) is 13.0 Å². The molecule has 0 aromatic carbocycles. The Bertz CT molecular complexity index is 112. The van der Waals surface area contributed by atoms with Gasteiger partial charge in [-0.25, -0.2) is 0 Å². The maximum Gasteiger partial charge on any atom is 0.118 e. The predicted octanol–water partition coefficient (Wildman–Crippen LogP) is 2.24. The highest BCUT2D eigenvalue weighted by atomic mass is 16.5. The van der Waals surface area contributed by atoms with Gasteiger partial charge in [-0.3, -0.25) is 0 Å². The van der Waals surface area contributed by atoms with Crippen molar-refractivity contribution in [1.29, 1.82) is 0 Å². The molecule has 0 aliphatic carbocycles. The monoisotopic (exact) mass is 110 g/mol. The molecule has 44 valence electrons. The van der Waals surface area contributed by atoms with E-state index in [1.165, 1.54) is 6.26 Å². The van der Waals surface area contributed by atoms with Crippen LogP contribution in [0.3, 0.4) is 0 Å². The van der Waals surface area contributed by atoms with Crippen LogP contribution in [0.15, 0.2) is 37.3 Å². The summed E-state index contributed by atoms with van der Waals surface area (Å²) in [5.74, 6) is 0.613. The van der Waals surface area contributed by atoms with Gasteiger partial charge in [0.1, 0.15) is 5.76 Å². The molecule has 0 saturated heterocycles. The molecule has 1 heteroatoms. The molecule has 0 fully saturated rings. The quantitative estimate of drug-likeness (QED) is 0.400. The van der Waals surface area contributed by atoms with Gasteiger partial charge in [-0.15, -0.1) is 0 Å². The summed E-state index contributed by atoms with van der Waals surface area (Å²) in [6.07, 6.45) is 4.97. The predicted molar refractivity (Wildman–Crippen MR) is 35.2 cm³/mol. The van der Waals surface area contributed by atoms with Gasteiger partial charge < -0.3 is 4.74 Å². The minimum absolute atomic E-state index is 0.613. The second kappa shape index (κ2) is 4.19. The lowest BCUT2D eigenvalue weighted by molar-refractivity contribution is 0.372. The number of hydrogen-bond donors (Lipinski definition) is 0. The lowest BCUT2D eigenvalue weighted by Crippen LogP contribution is -1.73. The smallest absolute Gasteiger partial charge is 0.118 e. The average Bonchev–Trinajstić information content (AvgIpc) is 1.68. The molecule has 0 unspecified atom stereocenters. The maximum absolute atomic E-state index is 4.76. The molecule has 0 atom stereocenters. The summed E-state index contributed by atoms with van der Waals surface area (Å²) in [7, 11) is 0. The minimum Gasteiger partial charge on any atom is -0.466 e. The van der Waals surface area contributed by atoms with Crippen molar-refractivity contribution >= 4 is 0 Å². The van der Waals surface area contributed by atoms with Crippen molar-refractivity contribution in [2.75, 3.05) is 0 Å². The summed E-state index contributed by atoms with van der Waals surface area (Å²) >= 11 is 0. The molecule has 0 bridgehead atoms. The molecule has 1 nitrogen and oxygen atoms in total. The minimum atomic E-state index is 0.613. The molecule has 0 aromatic rings. The summed E-state index contributed by atoms with van der Waals surface area (Å²) in [6, 6.07) is 0.